The van der Waals surface area contributed by atoms with Crippen molar-refractivity contribution >= 4 is 16.9 Å². The lowest BCUT2D eigenvalue weighted by atomic mass is 10.0. The third-order valence-corrected chi connectivity index (χ3v) is 5.00. The molecule has 8 nitrogen and oxygen atoms in total. The van der Waals surface area contributed by atoms with E-state index < -0.39 is 0 Å². The Balaban J connectivity index is 1.67. The van der Waals surface area contributed by atoms with Gasteiger partial charge in [-0.1, -0.05) is 6.08 Å². The molecule has 0 radical (unpaired) electrons. The molecule has 0 saturated heterocycles. The Kier molecular flexibility index (Phi) is 4.70. The fourth-order valence-corrected chi connectivity index (χ4v) is 3.40. The number of hydrogen-bond acceptors (Lipinski definition) is 7. The molecule has 0 aliphatic carbocycles. The van der Waals surface area contributed by atoms with Crippen LogP contribution in [0, 0.1) is 0 Å². The number of hydrogen-bond donors (Lipinski definition) is 2. The summed E-state index contributed by atoms with van der Waals surface area (Å²) in [5.41, 5.74) is 9.84. The van der Waals surface area contributed by atoms with Gasteiger partial charge in [0, 0.05) is 24.7 Å². The fraction of sp³-hybridized carbons (Fsp3) is 0.333. The molecule has 3 N–H and O–H groups in total. The molecule has 3 aromatic heterocycles. The van der Waals surface area contributed by atoms with Gasteiger partial charge in [0.25, 0.3) is 0 Å². The molecule has 0 spiro atoms. The second-order valence-electron chi connectivity index (χ2n) is 8.05. The van der Waals surface area contributed by atoms with Crippen molar-refractivity contribution in [3.63, 3.8) is 0 Å². The monoisotopic (exact) mass is 391 g/mol. The molecule has 0 fully saturated rings. The summed E-state index contributed by atoms with van der Waals surface area (Å²) in [6, 6.07) is 1.80. The average molecular weight is 391 g/mol. The van der Waals surface area contributed by atoms with Crippen molar-refractivity contribution in [3.05, 3.63) is 48.1 Å². The van der Waals surface area contributed by atoms with Gasteiger partial charge in [-0.15, -0.1) is 0 Å². The maximum absolute atomic E-state index is 6.32. The number of methoxy groups -OCH3 is 1. The van der Waals surface area contributed by atoms with E-state index in [1.165, 1.54) is 5.57 Å². The lowest BCUT2D eigenvalue weighted by Gasteiger charge is -2.37. The van der Waals surface area contributed by atoms with E-state index in [4.69, 9.17) is 10.5 Å². The van der Waals surface area contributed by atoms with Gasteiger partial charge in [-0.05, 0) is 44.7 Å². The summed E-state index contributed by atoms with van der Waals surface area (Å²) < 4.78 is 5.36. The molecule has 0 unspecified atom stereocenters. The summed E-state index contributed by atoms with van der Waals surface area (Å²) in [7, 11) is 1.59. The van der Waals surface area contributed by atoms with Gasteiger partial charge in [-0.25, -0.2) is 9.97 Å². The predicted molar refractivity (Wildman–Crippen MR) is 113 cm³/mol. The van der Waals surface area contributed by atoms with E-state index in [1.54, 1.807) is 25.6 Å². The van der Waals surface area contributed by atoms with Gasteiger partial charge in [0.1, 0.15) is 11.6 Å². The first-order chi connectivity index (χ1) is 13.9. The van der Waals surface area contributed by atoms with Crippen LogP contribution < -0.4 is 10.5 Å². The number of H-pyrrole nitrogens is 1. The molecule has 0 saturated carbocycles. The van der Waals surface area contributed by atoms with Crippen LogP contribution in [0.15, 0.2) is 42.4 Å². The summed E-state index contributed by atoms with van der Waals surface area (Å²) >= 11 is 0. The normalized spacial score (nSPS) is 14.3. The zero-order valence-corrected chi connectivity index (χ0v) is 17.1. The summed E-state index contributed by atoms with van der Waals surface area (Å²) in [6.45, 7) is 7.46. The number of nitrogen functional groups attached to an aromatic ring is 1. The first-order valence-corrected chi connectivity index (χ1v) is 9.48. The van der Waals surface area contributed by atoms with E-state index in [2.05, 4.69) is 69.2 Å². The van der Waals surface area contributed by atoms with Crippen molar-refractivity contribution in [2.45, 2.75) is 32.7 Å². The topological polar surface area (TPSA) is 106 Å². The van der Waals surface area contributed by atoms with Crippen LogP contribution in [0.3, 0.4) is 0 Å². The second-order valence-corrected chi connectivity index (χ2v) is 8.05. The summed E-state index contributed by atoms with van der Waals surface area (Å²) in [4.78, 5) is 15.5. The van der Waals surface area contributed by atoms with Gasteiger partial charge in [-0.2, -0.15) is 5.10 Å². The minimum absolute atomic E-state index is 0.0622. The third kappa shape index (κ3) is 3.65. The van der Waals surface area contributed by atoms with Crippen molar-refractivity contribution in [3.8, 4) is 17.1 Å². The highest BCUT2D eigenvalue weighted by atomic mass is 16.5. The van der Waals surface area contributed by atoms with Crippen LogP contribution in [0.1, 0.15) is 26.5 Å². The minimum Gasteiger partial charge on any atom is -0.494 e. The van der Waals surface area contributed by atoms with E-state index in [0.29, 0.717) is 29.5 Å². The van der Waals surface area contributed by atoms with E-state index in [0.717, 1.165) is 23.2 Å². The number of allylic oxidation sites excluding steroid dienone is 2. The van der Waals surface area contributed by atoms with Gasteiger partial charge in [-0.3, -0.25) is 10.1 Å². The Hall–Kier alpha value is -3.42. The summed E-state index contributed by atoms with van der Waals surface area (Å²) in [5, 5.41) is 8.25. The molecule has 0 atom stereocenters. The second kappa shape index (κ2) is 7.20. The fourth-order valence-electron chi connectivity index (χ4n) is 3.40. The summed E-state index contributed by atoms with van der Waals surface area (Å²) in [6.07, 6.45) is 10.3. The molecule has 1 aliphatic rings. The zero-order chi connectivity index (χ0) is 20.6. The first kappa shape index (κ1) is 18.9. The highest BCUT2D eigenvalue weighted by molar-refractivity contribution is 5.90. The SMILES string of the molecule is COc1cnccc1-c1nc(N)c2c(CC3=CC=CN(C(C)(C)C)C3)[nH]nc2n1. The highest BCUT2D eigenvalue weighted by Gasteiger charge is 2.22. The Morgan fingerprint density at radius 3 is 2.86 bits per heavy atom. The number of pyridine rings is 1. The molecule has 3 aromatic rings. The average Bonchev–Trinajstić information content (AvgIpc) is 3.10. The number of aromatic nitrogens is 5. The summed E-state index contributed by atoms with van der Waals surface area (Å²) in [5.74, 6) is 1.45. The van der Waals surface area contributed by atoms with E-state index >= 15 is 0 Å². The lowest BCUT2D eigenvalue weighted by Crippen LogP contribution is -2.39. The molecular weight excluding hydrogens is 366 g/mol. The van der Waals surface area contributed by atoms with Crippen LogP contribution in [0.4, 0.5) is 5.82 Å². The number of nitrogens with two attached hydrogens (primary N) is 1. The molecule has 150 valence electrons. The number of nitrogens with one attached hydrogen (secondary N) is 1. The predicted octanol–water partition coefficient (Wildman–Crippen LogP) is 3.10. The van der Waals surface area contributed by atoms with Crippen molar-refractivity contribution in [2.24, 2.45) is 0 Å². The highest BCUT2D eigenvalue weighted by Crippen LogP contribution is 2.30. The quantitative estimate of drug-likeness (QED) is 0.704. The molecule has 0 bridgehead atoms. The molecule has 8 heteroatoms. The van der Waals surface area contributed by atoms with E-state index in [9.17, 15) is 0 Å². The van der Waals surface area contributed by atoms with Crippen LogP contribution >= 0.6 is 0 Å². The number of fused-ring (bicyclic) bond motifs is 1. The number of rotatable bonds is 4. The number of aromatic amines is 1. The Morgan fingerprint density at radius 1 is 1.28 bits per heavy atom. The molecule has 1 aliphatic heterocycles. The molecule has 29 heavy (non-hydrogen) atoms. The van der Waals surface area contributed by atoms with Crippen molar-refractivity contribution in [1.82, 2.24) is 30.0 Å². The van der Waals surface area contributed by atoms with Crippen molar-refractivity contribution in [2.75, 3.05) is 19.4 Å². The van der Waals surface area contributed by atoms with Crippen LogP contribution in [-0.4, -0.2) is 49.2 Å². The van der Waals surface area contributed by atoms with Gasteiger partial charge in [0.15, 0.2) is 11.5 Å². The maximum atomic E-state index is 6.32. The van der Waals surface area contributed by atoms with Gasteiger partial charge >= 0.3 is 0 Å². The van der Waals surface area contributed by atoms with Crippen LogP contribution in [-0.2, 0) is 6.42 Å². The smallest absolute Gasteiger partial charge is 0.187 e. The lowest BCUT2D eigenvalue weighted by molar-refractivity contribution is 0.218. The Morgan fingerprint density at radius 2 is 2.10 bits per heavy atom. The van der Waals surface area contributed by atoms with Crippen LogP contribution in [0.5, 0.6) is 5.75 Å². The van der Waals surface area contributed by atoms with Crippen molar-refractivity contribution in [1.29, 1.82) is 0 Å². The Labute approximate surface area is 169 Å². The van der Waals surface area contributed by atoms with Crippen LogP contribution in [0.25, 0.3) is 22.4 Å². The number of anilines is 1. The van der Waals surface area contributed by atoms with E-state index in [1.807, 2.05) is 0 Å². The molecule has 0 amide bonds. The van der Waals surface area contributed by atoms with Gasteiger partial charge in [0.05, 0.1) is 30.0 Å². The molecule has 0 aromatic carbocycles. The standard InChI is InChI=1S/C21H25N7O/c1-21(2,3)28-9-5-6-13(12-28)10-15-17-18(22)24-19(25-20(17)27-26-15)14-7-8-23-11-16(14)29-4/h5-9,11H,10,12H2,1-4H3,(H3,22,24,25,26,27). The van der Waals surface area contributed by atoms with Gasteiger partial charge < -0.3 is 15.4 Å². The Bertz CT molecular complexity index is 1110. The van der Waals surface area contributed by atoms with Crippen molar-refractivity contribution < 1.29 is 4.74 Å². The largest absolute Gasteiger partial charge is 0.494 e. The molecular formula is C21H25N7O. The van der Waals surface area contributed by atoms with Crippen LogP contribution in [0.2, 0.25) is 0 Å². The molecule has 4 heterocycles. The van der Waals surface area contributed by atoms with E-state index in [-0.39, 0.29) is 5.54 Å². The number of nitrogens with zero attached hydrogens (tertiary/aromatic N) is 5. The maximum Gasteiger partial charge on any atom is 0.187 e. The number of ether oxygens (including phenoxy) is 1. The van der Waals surface area contributed by atoms with Gasteiger partial charge in [0.2, 0.25) is 0 Å². The minimum atomic E-state index is 0.0622. The first-order valence-electron chi connectivity index (χ1n) is 9.48. The zero-order valence-electron chi connectivity index (χ0n) is 17.1. The third-order valence-electron chi connectivity index (χ3n) is 5.00. The molecule has 4 rings (SSSR count).